The van der Waals surface area contributed by atoms with E-state index in [1.54, 1.807) is 7.11 Å². The predicted octanol–water partition coefficient (Wildman–Crippen LogP) is 3.44. The molecule has 2 aromatic rings. The molecule has 4 rings (SSSR count). The molecule has 0 saturated carbocycles. The molecular weight excluding hydrogens is 318 g/mol. The summed E-state index contributed by atoms with van der Waals surface area (Å²) in [6, 6.07) is 13.4. The van der Waals surface area contributed by atoms with E-state index in [2.05, 4.69) is 0 Å². The second kappa shape index (κ2) is 6.67. The minimum atomic E-state index is 0.0556. The zero-order valence-corrected chi connectivity index (χ0v) is 14.2. The Bertz CT molecular complexity index is 772. The van der Waals surface area contributed by atoms with Gasteiger partial charge in [0.15, 0.2) is 11.5 Å². The maximum absolute atomic E-state index is 12.9. The molecule has 2 heterocycles. The number of carbonyl (C=O) groups is 1. The number of nitrogens with zero attached hydrogens (tertiary/aromatic N) is 1. The number of likely N-dealkylation sites (tertiary alicyclic amines) is 1. The second-order valence-corrected chi connectivity index (χ2v) is 6.29. The standard InChI is InChI=1S/C20H21NO4/c1-23-16-7-4-14(5-8-16)20(22)21-10-2-3-17(21)15-6-9-18-19(13-15)25-12-11-24-18/h4-9,13,17H,2-3,10-12H2,1H3/t17-/m1/s1. The van der Waals surface area contributed by atoms with Crippen molar-refractivity contribution >= 4 is 5.91 Å². The molecule has 5 nitrogen and oxygen atoms in total. The molecule has 0 aromatic heterocycles. The highest BCUT2D eigenvalue weighted by Gasteiger charge is 2.31. The van der Waals surface area contributed by atoms with Crippen molar-refractivity contribution in [1.82, 2.24) is 4.90 Å². The van der Waals surface area contributed by atoms with E-state index in [4.69, 9.17) is 14.2 Å². The summed E-state index contributed by atoms with van der Waals surface area (Å²) >= 11 is 0. The molecule has 0 spiro atoms. The molecular formula is C20H21NO4. The van der Waals surface area contributed by atoms with E-state index in [-0.39, 0.29) is 11.9 Å². The number of rotatable bonds is 3. The quantitative estimate of drug-likeness (QED) is 0.859. The molecule has 1 saturated heterocycles. The first kappa shape index (κ1) is 15.8. The first-order valence-corrected chi connectivity index (χ1v) is 8.61. The third-order valence-corrected chi connectivity index (χ3v) is 4.80. The minimum absolute atomic E-state index is 0.0556. The maximum Gasteiger partial charge on any atom is 0.254 e. The first-order valence-electron chi connectivity index (χ1n) is 8.61. The summed E-state index contributed by atoms with van der Waals surface area (Å²) < 4.78 is 16.4. The molecule has 0 bridgehead atoms. The van der Waals surface area contributed by atoms with E-state index >= 15 is 0 Å². The van der Waals surface area contributed by atoms with E-state index in [9.17, 15) is 4.79 Å². The van der Waals surface area contributed by atoms with Crippen molar-refractivity contribution < 1.29 is 19.0 Å². The molecule has 25 heavy (non-hydrogen) atoms. The van der Waals surface area contributed by atoms with Crippen molar-refractivity contribution in [2.45, 2.75) is 18.9 Å². The van der Waals surface area contributed by atoms with Crippen LogP contribution in [0.2, 0.25) is 0 Å². The smallest absolute Gasteiger partial charge is 0.254 e. The van der Waals surface area contributed by atoms with Crippen LogP contribution in [-0.2, 0) is 0 Å². The van der Waals surface area contributed by atoms with Crippen LogP contribution < -0.4 is 14.2 Å². The number of carbonyl (C=O) groups excluding carboxylic acids is 1. The highest BCUT2D eigenvalue weighted by molar-refractivity contribution is 5.94. The van der Waals surface area contributed by atoms with E-state index in [1.807, 2.05) is 47.4 Å². The van der Waals surface area contributed by atoms with Gasteiger partial charge in [-0.1, -0.05) is 6.07 Å². The predicted molar refractivity (Wildman–Crippen MR) is 93.4 cm³/mol. The lowest BCUT2D eigenvalue weighted by Crippen LogP contribution is -2.30. The summed E-state index contributed by atoms with van der Waals surface area (Å²) in [4.78, 5) is 14.9. The Morgan fingerprint density at radius 3 is 2.60 bits per heavy atom. The third-order valence-electron chi connectivity index (χ3n) is 4.80. The molecule has 1 atom stereocenters. The number of hydrogen-bond donors (Lipinski definition) is 0. The molecule has 1 fully saturated rings. The topological polar surface area (TPSA) is 48.0 Å². The summed E-state index contributed by atoms with van der Waals surface area (Å²) in [6.07, 6.45) is 1.96. The number of ether oxygens (including phenoxy) is 3. The Hall–Kier alpha value is -2.69. The van der Waals surface area contributed by atoms with Crippen LogP contribution in [-0.4, -0.2) is 37.7 Å². The number of amides is 1. The highest BCUT2D eigenvalue weighted by Crippen LogP contribution is 2.38. The number of benzene rings is 2. The summed E-state index contributed by atoms with van der Waals surface area (Å²) in [5, 5.41) is 0. The van der Waals surface area contributed by atoms with Gasteiger partial charge in [-0.2, -0.15) is 0 Å². The van der Waals surface area contributed by atoms with Crippen molar-refractivity contribution in [2.75, 3.05) is 26.9 Å². The number of fused-ring (bicyclic) bond motifs is 1. The Morgan fingerprint density at radius 2 is 1.84 bits per heavy atom. The van der Waals surface area contributed by atoms with Crippen LogP contribution in [0.25, 0.3) is 0 Å². The van der Waals surface area contributed by atoms with Crippen LogP contribution >= 0.6 is 0 Å². The van der Waals surface area contributed by atoms with E-state index in [1.165, 1.54) is 0 Å². The van der Waals surface area contributed by atoms with Gasteiger partial charge >= 0.3 is 0 Å². The third kappa shape index (κ3) is 3.02. The van der Waals surface area contributed by atoms with E-state index in [0.717, 1.165) is 42.2 Å². The van der Waals surface area contributed by atoms with Crippen molar-refractivity contribution in [2.24, 2.45) is 0 Å². The Labute approximate surface area is 147 Å². The monoisotopic (exact) mass is 339 g/mol. The van der Waals surface area contributed by atoms with Gasteiger partial charge in [0, 0.05) is 12.1 Å². The molecule has 0 radical (unpaired) electrons. The summed E-state index contributed by atoms with van der Waals surface area (Å²) in [5.74, 6) is 2.36. The molecule has 5 heteroatoms. The molecule has 2 aliphatic rings. The molecule has 2 aromatic carbocycles. The molecule has 2 aliphatic heterocycles. The van der Waals surface area contributed by atoms with Crippen molar-refractivity contribution in [1.29, 1.82) is 0 Å². The zero-order chi connectivity index (χ0) is 17.2. The molecule has 0 aliphatic carbocycles. The van der Waals surface area contributed by atoms with Gasteiger partial charge in [-0.05, 0) is 54.8 Å². The fourth-order valence-electron chi connectivity index (χ4n) is 3.52. The highest BCUT2D eigenvalue weighted by atomic mass is 16.6. The van der Waals surface area contributed by atoms with Crippen LogP contribution in [0.5, 0.6) is 17.2 Å². The van der Waals surface area contributed by atoms with E-state index in [0.29, 0.717) is 18.8 Å². The Kier molecular flexibility index (Phi) is 4.22. The molecule has 0 unspecified atom stereocenters. The largest absolute Gasteiger partial charge is 0.497 e. The van der Waals surface area contributed by atoms with Crippen LogP contribution in [0.3, 0.4) is 0 Å². The van der Waals surface area contributed by atoms with Crippen molar-refractivity contribution in [3.63, 3.8) is 0 Å². The lowest BCUT2D eigenvalue weighted by atomic mass is 10.0. The van der Waals surface area contributed by atoms with Gasteiger partial charge in [0.1, 0.15) is 19.0 Å². The Balaban J connectivity index is 1.58. The molecule has 1 amide bonds. The minimum Gasteiger partial charge on any atom is -0.497 e. The van der Waals surface area contributed by atoms with Crippen molar-refractivity contribution in [3.05, 3.63) is 53.6 Å². The molecule has 0 N–H and O–H groups in total. The number of methoxy groups -OCH3 is 1. The Morgan fingerprint density at radius 1 is 1.08 bits per heavy atom. The van der Waals surface area contributed by atoms with Gasteiger partial charge in [-0.3, -0.25) is 4.79 Å². The first-order chi connectivity index (χ1) is 12.3. The fraction of sp³-hybridized carbons (Fsp3) is 0.350. The van der Waals surface area contributed by atoms with Gasteiger partial charge < -0.3 is 19.1 Å². The lowest BCUT2D eigenvalue weighted by Gasteiger charge is -2.27. The summed E-state index contributed by atoms with van der Waals surface area (Å²) in [6.45, 7) is 1.91. The van der Waals surface area contributed by atoms with E-state index < -0.39 is 0 Å². The van der Waals surface area contributed by atoms with Gasteiger partial charge in [0.2, 0.25) is 0 Å². The van der Waals surface area contributed by atoms with Gasteiger partial charge in [0.05, 0.1) is 13.2 Å². The van der Waals surface area contributed by atoms with Crippen LogP contribution in [0.15, 0.2) is 42.5 Å². The van der Waals surface area contributed by atoms with Crippen LogP contribution in [0, 0.1) is 0 Å². The van der Waals surface area contributed by atoms with Gasteiger partial charge in [-0.15, -0.1) is 0 Å². The SMILES string of the molecule is COc1ccc(C(=O)N2CCC[C@@H]2c2ccc3c(c2)OCCO3)cc1. The number of hydrogen-bond acceptors (Lipinski definition) is 4. The average molecular weight is 339 g/mol. The fourth-order valence-corrected chi connectivity index (χ4v) is 3.52. The second-order valence-electron chi connectivity index (χ2n) is 6.29. The zero-order valence-electron chi connectivity index (χ0n) is 14.2. The van der Waals surface area contributed by atoms with Gasteiger partial charge in [0.25, 0.3) is 5.91 Å². The lowest BCUT2D eigenvalue weighted by molar-refractivity contribution is 0.0735. The summed E-state index contributed by atoms with van der Waals surface area (Å²) in [7, 11) is 1.62. The van der Waals surface area contributed by atoms with Crippen LogP contribution in [0.1, 0.15) is 34.8 Å². The van der Waals surface area contributed by atoms with Crippen molar-refractivity contribution in [3.8, 4) is 17.2 Å². The average Bonchev–Trinajstić information content (AvgIpc) is 3.17. The molecule has 130 valence electrons. The summed E-state index contributed by atoms with van der Waals surface area (Å²) in [5.41, 5.74) is 1.79. The maximum atomic E-state index is 12.9. The normalized spacial score (nSPS) is 18.9. The van der Waals surface area contributed by atoms with Crippen LogP contribution in [0.4, 0.5) is 0 Å². The van der Waals surface area contributed by atoms with Gasteiger partial charge in [-0.25, -0.2) is 0 Å².